The minimum absolute atomic E-state index is 0. The van der Waals surface area contributed by atoms with Crippen LogP contribution in [0.2, 0.25) is 5.02 Å². The minimum atomic E-state index is -3.51. The zero-order valence-electron chi connectivity index (χ0n) is 11.2. The molecule has 0 aromatic heterocycles. The highest BCUT2D eigenvalue weighted by Crippen LogP contribution is 2.40. The SMILES string of the molecule is Cl.NC1CCC2CN(S(=O)(=O)c3cccc(Cl)c3Br)CC12. The Morgan fingerprint density at radius 1 is 1.29 bits per heavy atom. The van der Waals surface area contributed by atoms with Crippen LogP contribution in [0, 0.1) is 11.8 Å². The van der Waals surface area contributed by atoms with E-state index in [4.69, 9.17) is 17.3 Å². The van der Waals surface area contributed by atoms with E-state index in [9.17, 15) is 8.42 Å². The lowest BCUT2D eigenvalue weighted by Crippen LogP contribution is -2.33. The number of nitrogens with zero attached hydrogens (tertiary/aromatic N) is 1. The van der Waals surface area contributed by atoms with Gasteiger partial charge in [0, 0.05) is 19.1 Å². The highest BCUT2D eigenvalue weighted by Gasteiger charge is 2.45. The second-order valence-corrected chi connectivity index (χ2v) is 8.65. The van der Waals surface area contributed by atoms with E-state index in [2.05, 4.69) is 15.9 Å². The van der Waals surface area contributed by atoms with Gasteiger partial charge in [0.25, 0.3) is 0 Å². The first-order valence-electron chi connectivity index (χ1n) is 6.61. The first-order chi connectivity index (χ1) is 9.41. The highest BCUT2D eigenvalue weighted by atomic mass is 79.9. The number of benzene rings is 1. The van der Waals surface area contributed by atoms with Gasteiger partial charge in [-0.3, -0.25) is 0 Å². The number of nitrogens with two attached hydrogens (primary N) is 1. The first-order valence-corrected chi connectivity index (χ1v) is 9.22. The molecule has 0 radical (unpaired) electrons. The average Bonchev–Trinajstić information content (AvgIpc) is 2.96. The Balaban J connectivity index is 0.00000161. The van der Waals surface area contributed by atoms with E-state index in [0.29, 0.717) is 34.4 Å². The smallest absolute Gasteiger partial charge is 0.244 e. The van der Waals surface area contributed by atoms with Gasteiger partial charge in [-0.1, -0.05) is 17.7 Å². The highest BCUT2D eigenvalue weighted by molar-refractivity contribution is 9.10. The van der Waals surface area contributed by atoms with Crippen LogP contribution in [0.1, 0.15) is 12.8 Å². The molecule has 1 heterocycles. The summed E-state index contributed by atoms with van der Waals surface area (Å²) in [7, 11) is -3.51. The third-order valence-electron chi connectivity index (χ3n) is 4.41. The molecule has 0 amide bonds. The summed E-state index contributed by atoms with van der Waals surface area (Å²) in [5, 5.41) is 0.405. The van der Waals surface area contributed by atoms with Crippen LogP contribution in [-0.2, 0) is 10.0 Å². The average molecular weight is 416 g/mol. The van der Waals surface area contributed by atoms with Crippen LogP contribution in [0.15, 0.2) is 27.6 Å². The topological polar surface area (TPSA) is 63.4 Å². The molecule has 4 nitrogen and oxygen atoms in total. The second-order valence-electron chi connectivity index (χ2n) is 5.54. The summed E-state index contributed by atoms with van der Waals surface area (Å²) in [6.45, 7) is 1.09. The molecule has 2 N–H and O–H groups in total. The maximum Gasteiger partial charge on any atom is 0.244 e. The largest absolute Gasteiger partial charge is 0.327 e. The van der Waals surface area contributed by atoms with Crippen molar-refractivity contribution < 1.29 is 8.42 Å². The Morgan fingerprint density at radius 3 is 2.67 bits per heavy atom. The zero-order valence-corrected chi connectivity index (χ0v) is 15.2. The van der Waals surface area contributed by atoms with Crippen molar-refractivity contribution in [2.45, 2.75) is 23.8 Å². The van der Waals surface area contributed by atoms with Gasteiger partial charge in [0.2, 0.25) is 10.0 Å². The van der Waals surface area contributed by atoms with Crippen molar-refractivity contribution in [2.24, 2.45) is 17.6 Å². The molecule has 1 saturated heterocycles. The number of hydrogen-bond acceptors (Lipinski definition) is 3. The Labute approximate surface area is 144 Å². The molecule has 8 heteroatoms. The monoisotopic (exact) mass is 414 g/mol. The van der Waals surface area contributed by atoms with Crippen molar-refractivity contribution in [3.63, 3.8) is 0 Å². The molecule has 3 rings (SSSR count). The molecule has 2 fully saturated rings. The summed E-state index contributed by atoms with van der Waals surface area (Å²) >= 11 is 9.27. The standard InChI is InChI=1S/C13H16BrClN2O2S.ClH/c14-13-10(15)2-1-3-12(13)20(18,19)17-6-8-4-5-11(16)9(8)7-17;/h1-3,8-9,11H,4-7,16H2;1H. The normalized spacial score (nSPS) is 29.2. The molecule has 1 aromatic rings. The van der Waals surface area contributed by atoms with Gasteiger partial charge in [0.05, 0.1) is 14.4 Å². The van der Waals surface area contributed by atoms with Crippen LogP contribution >= 0.6 is 39.9 Å². The summed E-state index contributed by atoms with van der Waals surface area (Å²) in [6, 6.07) is 5.03. The van der Waals surface area contributed by atoms with E-state index >= 15 is 0 Å². The molecular weight excluding hydrogens is 399 g/mol. The van der Waals surface area contributed by atoms with Crippen molar-refractivity contribution >= 4 is 50.0 Å². The van der Waals surface area contributed by atoms with E-state index in [1.165, 1.54) is 0 Å². The minimum Gasteiger partial charge on any atom is -0.327 e. The quantitative estimate of drug-likeness (QED) is 0.807. The van der Waals surface area contributed by atoms with E-state index in [1.54, 1.807) is 22.5 Å². The molecule has 3 atom stereocenters. The van der Waals surface area contributed by atoms with E-state index in [1.807, 2.05) is 0 Å². The van der Waals surface area contributed by atoms with Crippen LogP contribution in [-0.4, -0.2) is 31.9 Å². The van der Waals surface area contributed by atoms with Crippen molar-refractivity contribution in [1.82, 2.24) is 4.31 Å². The third-order valence-corrected chi connectivity index (χ3v) is 7.95. The first kappa shape index (κ1) is 17.5. The van der Waals surface area contributed by atoms with E-state index < -0.39 is 10.0 Å². The van der Waals surface area contributed by atoms with Crippen LogP contribution in [0.3, 0.4) is 0 Å². The van der Waals surface area contributed by atoms with Crippen molar-refractivity contribution in [3.8, 4) is 0 Å². The molecule has 1 aliphatic heterocycles. The van der Waals surface area contributed by atoms with Gasteiger partial charge < -0.3 is 5.73 Å². The predicted molar refractivity (Wildman–Crippen MR) is 89.3 cm³/mol. The summed E-state index contributed by atoms with van der Waals surface area (Å²) in [5.74, 6) is 0.695. The van der Waals surface area contributed by atoms with Crippen molar-refractivity contribution in [1.29, 1.82) is 0 Å². The lowest BCUT2D eigenvalue weighted by molar-refractivity contribution is 0.427. The summed E-state index contributed by atoms with van der Waals surface area (Å²) in [6.07, 6.45) is 2.03. The number of fused-ring (bicyclic) bond motifs is 1. The Bertz CT molecular complexity index is 641. The lowest BCUT2D eigenvalue weighted by atomic mass is 9.98. The molecule has 0 spiro atoms. The summed E-state index contributed by atoms with van der Waals surface area (Å²) in [4.78, 5) is 0.235. The molecule has 21 heavy (non-hydrogen) atoms. The van der Waals surface area contributed by atoms with Gasteiger partial charge in [-0.25, -0.2) is 8.42 Å². The van der Waals surface area contributed by atoms with Gasteiger partial charge in [-0.2, -0.15) is 4.31 Å². The summed E-state index contributed by atoms with van der Waals surface area (Å²) < 4.78 is 27.5. The van der Waals surface area contributed by atoms with Gasteiger partial charge >= 0.3 is 0 Å². The fourth-order valence-electron chi connectivity index (χ4n) is 3.29. The Kier molecular flexibility index (Phi) is 5.28. The van der Waals surface area contributed by atoms with Gasteiger partial charge in [0.1, 0.15) is 0 Å². The number of hydrogen-bond donors (Lipinski definition) is 1. The van der Waals surface area contributed by atoms with E-state index in [0.717, 1.165) is 12.8 Å². The van der Waals surface area contributed by atoms with Crippen LogP contribution in [0.4, 0.5) is 0 Å². The molecule has 1 saturated carbocycles. The van der Waals surface area contributed by atoms with Crippen LogP contribution < -0.4 is 5.73 Å². The van der Waals surface area contributed by atoms with Crippen molar-refractivity contribution in [3.05, 3.63) is 27.7 Å². The van der Waals surface area contributed by atoms with Crippen molar-refractivity contribution in [2.75, 3.05) is 13.1 Å². The van der Waals surface area contributed by atoms with Gasteiger partial charge in [-0.15, -0.1) is 12.4 Å². The molecular formula is C13H17BrCl2N2O2S. The molecule has 1 aromatic carbocycles. The van der Waals surface area contributed by atoms with E-state index in [-0.39, 0.29) is 23.3 Å². The van der Waals surface area contributed by atoms with Crippen LogP contribution in [0.25, 0.3) is 0 Å². The molecule has 2 aliphatic rings. The number of halogens is 3. The zero-order chi connectivity index (χ0) is 14.5. The Morgan fingerprint density at radius 2 is 2.00 bits per heavy atom. The molecule has 3 unspecified atom stereocenters. The third kappa shape index (κ3) is 2.99. The van der Waals surface area contributed by atoms with Crippen LogP contribution in [0.5, 0.6) is 0 Å². The number of sulfonamides is 1. The fraction of sp³-hybridized carbons (Fsp3) is 0.538. The van der Waals surface area contributed by atoms with Gasteiger partial charge in [0.15, 0.2) is 0 Å². The number of rotatable bonds is 2. The van der Waals surface area contributed by atoms with Gasteiger partial charge in [-0.05, 0) is 52.7 Å². The predicted octanol–water partition coefficient (Wildman–Crippen LogP) is 2.88. The lowest BCUT2D eigenvalue weighted by Gasteiger charge is -2.19. The maximum absolute atomic E-state index is 12.7. The molecule has 0 bridgehead atoms. The summed E-state index contributed by atoms with van der Waals surface area (Å²) in [5.41, 5.74) is 6.07. The maximum atomic E-state index is 12.7. The molecule has 1 aliphatic carbocycles. The Hall–Kier alpha value is 0.150. The second kappa shape index (κ2) is 6.34. The molecule has 118 valence electrons. The fourth-order valence-corrected chi connectivity index (χ4v) is 6.02.